The van der Waals surface area contributed by atoms with Crippen molar-refractivity contribution < 1.29 is 9.18 Å². The number of aryl methyl sites for hydroxylation is 1. The lowest BCUT2D eigenvalue weighted by molar-refractivity contribution is 0.112. The molecule has 7 heteroatoms. The summed E-state index contributed by atoms with van der Waals surface area (Å²) < 4.78 is 13.9. The fourth-order valence-electron chi connectivity index (χ4n) is 3.31. The topological polar surface area (TPSA) is 45.2 Å². The smallest absolute Gasteiger partial charge is 0.155 e. The Hall–Kier alpha value is -1.55. The van der Waals surface area contributed by atoms with E-state index in [0.717, 1.165) is 49.0 Å². The van der Waals surface area contributed by atoms with Gasteiger partial charge in [0.05, 0.1) is 11.3 Å². The number of carbonyl (C=O) groups is 1. The van der Waals surface area contributed by atoms with Gasteiger partial charge < -0.3 is 4.90 Å². The van der Waals surface area contributed by atoms with E-state index in [4.69, 9.17) is 11.6 Å². The van der Waals surface area contributed by atoms with E-state index in [9.17, 15) is 9.18 Å². The molecule has 1 atom stereocenters. The summed E-state index contributed by atoms with van der Waals surface area (Å²) in [5.41, 5.74) is 3.34. The minimum Gasteiger partial charge on any atom is -0.370 e. The highest BCUT2D eigenvalue weighted by Gasteiger charge is 2.25. The van der Waals surface area contributed by atoms with Crippen LogP contribution in [0.3, 0.4) is 0 Å². The molecule has 1 aromatic carbocycles. The predicted octanol–water partition coefficient (Wildman–Crippen LogP) is 4.01. The zero-order chi connectivity index (χ0) is 18.0. The number of carbonyl (C=O) groups excluding carboxylic acids is 1. The van der Waals surface area contributed by atoms with Crippen molar-refractivity contribution in [1.82, 2.24) is 10.1 Å². The first kappa shape index (κ1) is 18.2. The molecule has 0 aliphatic carbocycles. The average Bonchev–Trinajstić information content (AvgIpc) is 2.60. The number of hydrogen-bond donors (Lipinski definition) is 1. The van der Waals surface area contributed by atoms with Crippen molar-refractivity contribution in [1.29, 1.82) is 0 Å². The largest absolute Gasteiger partial charge is 0.370 e. The second-order valence-electron chi connectivity index (χ2n) is 6.29. The van der Waals surface area contributed by atoms with Crippen molar-refractivity contribution in [2.75, 3.05) is 18.0 Å². The van der Waals surface area contributed by atoms with Gasteiger partial charge in [0.2, 0.25) is 0 Å². The minimum atomic E-state index is -0.311. The first-order valence-electron chi connectivity index (χ1n) is 8.15. The number of piperidine rings is 1. The molecule has 3 rings (SSSR count). The fourth-order valence-corrected chi connectivity index (χ4v) is 3.83. The van der Waals surface area contributed by atoms with Gasteiger partial charge in [-0.15, -0.1) is 0 Å². The molecule has 0 saturated carbocycles. The van der Waals surface area contributed by atoms with E-state index in [1.54, 1.807) is 6.20 Å². The van der Waals surface area contributed by atoms with Crippen LogP contribution in [0.1, 0.15) is 28.8 Å². The van der Waals surface area contributed by atoms with E-state index in [1.807, 2.05) is 13.0 Å². The van der Waals surface area contributed by atoms with Crippen molar-refractivity contribution in [2.24, 2.45) is 0 Å². The number of nitrogens with one attached hydrogen (secondary N) is 1. The van der Waals surface area contributed by atoms with E-state index in [0.29, 0.717) is 17.2 Å². The minimum absolute atomic E-state index is 0.174. The lowest BCUT2D eigenvalue weighted by Gasteiger charge is -2.35. The summed E-state index contributed by atoms with van der Waals surface area (Å²) in [7, 11) is 2.55. The van der Waals surface area contributed by atoms with E-state index >= 15 is 0 Å². The van der Waals surface area contributed by atoms with Gasteiger partial charge in [0.1, 0.15) is 11.0 Å². The standard InChI is InChI=1S/C18H20ClFN3OP/c1-11-6-12(8-13(20)7-11)15-9-21-18(19)16(10-24)17(15)23-4-2-14(22-25)3-5-23/h6-10,14,22H,2-5,25H2,1H3. The predicted molar refractivity (Wildman–Crippen MR) is 103 cm³/mol. The first-order valence-corrected chi connectivity index (χ1v) is 9.11. The molecular formula is C18H20ClFN3OP. The molecule has 2 heterocycles. The summed E-state index contributed by atoms with van der Waals surface area (Å²) in [6, 6.07) is 5.26. The Morgan fingerprint density at radius 3 is 2.68 bits per heavy atom. The number of pyridine rings is 1. The van der Waals surface area contributed by atoms with Crippen LogP contribution in [0.5, 0.6) is 0 Å². The van der Waals surface area contributed by atoms with Crippen LogP contribution in [-0.2, 0) is 0 Å². The Morgan fingerprint density at radius 2 is 2.08 bits per heavy atom. The summed E-state index contributed by atoms with van der Waals surface area (Å²) in [6.45, 7) is 3.41. The maximum absolute atomic E-state index is 13.9. The number of halogens is 2. The lowest BCUT2D eigenvalue weighted by Crippen LogP contribution is -2.40. The Kier molecular flexibility index (Phi) is 5.67. The molecule has 1 saturated heterocycles. The van der Waals surface area contributed by atoms with Crippen molar-refractivity contribution in [3.05, 3.63) is 46.5 Å². The number of anilines is 1. The van der Waals surface area contributed by atoms with Gasteiger partial charge in [0.25, 0.3) is 0 Å². The third-order valence-corrected chi connectivity index (χ3v) is 5.33. The van der Waals surface area contributed by atoms with Gasteiger partial charge in [0, 0.05) is 30.9 Å². The number of aromatic nitrogens is 1. The highest BCUT2D eigenvalue weighted by atomic mass is 35.5. The Labute approximate surface area is 154 Å². The van der Waals surface area contributed by atoms with Crippen molar-refractivity contribution in [3.63, 3.8) is 0 Å². The molecule has 1 unspecified atom stereocenters. The van der Waals surface area contributed by atoms with Crippen molar-refractivity contribution in [3.8, 4) is 11.1 Å². The maximum Gasteiger partial charge on any atom is 0.155 e. The number of rotatable bonds is 4. The summed E-state index contributed by atoms with van der Waals surface area (Å²) in [5, 5.41) is 3.38. The summed E-state index contributed by atoms with van der Waals surface area (Å²) in [4.78, 5) is 18.0. The van der Waals surface area contributed by atoms with Crippen LogP contribution in [0.2, 0.25) is 5.15 Å². The van der Waals surface area contributed by atoms with E-state index < -0.39 is 0 Å². The highest BCUT2D eigenvalue weighted by molar-refractivity contribution is 7.13. The second kappa shape index (κ2) is 7.77. The molecule has 1 aliphatic heterocycles. The Morgan fingerprint density at radius 1 is 1.36 bits per heavy atom. The van der Waals surface area contributed by atoms with Crippen LogP contribution in [0.4, 0.5) is 10.1 Å². The monoisotopic (exact) mass is 379 g/mol. The molecule has 1 aliphatic rings. The number of nitrogens with zero attached hydrogens (tertiary/aromatic N) is 2. The molecule has 0 spiro atoms. The van der Waals surface area contributed by atoms with Crippen LogP contribution < -0.4 is 9.99 Å². The molecule has 4 nitrogen and oxygen atoms in total. The summed E-state index contributed by atoms with van der Waals surface area (Å²) in [6.07, 6.45) is 4.26. The van der Waals surface area contributed by atoms with Gasteiger partial charge in [-0.1, -0.05) is 27.1 Å². The van der Waals surface area contributed by atoms with E-state index in [2.05, 4.69) is 24.4 Å². The Balaban J connectivity index is 2.11. The van der Waals surface area contributed by atoms with Crippen LogP contribution in [0, 0.1) is 12.7 Å². The van der Waals surface area contributed by atoms with E-state index in [-0.39, 0.29) is 11.0 Å². The average molecular weight is 380 g/mol. The molecule has 0 amide bonds. The summed E-state index contributed by atoms with van der Waals surface area (Å²) in [5.74, 6) is -0.311. The van der Waals surface area contributed by atoms with Crippen molar-refractivity contribution in [2.45, 2.75) is 25.8 Å². The molecule has 25 heavy (non-hydrogen) atoms. The zero-order valence-electron chi connectivity index (χ0n) is 13.9. The van der Waals surface area contributed by atoms with Crippen LogP contribution in [0.15, 0.2) is 24.4 Å². The molecule has 2 aromatic rings. The molecule has 0 radical (unpaired) electrons. The Bertz CT molecular complexity index is 774. The van der Waals surface area contributed by atoms with Gasteiger partial charge in [-0.2, -0.15) is 0 Å². The molecule has 0 bridgehead atoms. The number of aldehydes is 1. The third kappa shape index (κ3) is 3.84. The van der Waals surface area contributed by atoms with Crippen molar-refractivity contribution >= 4 is 33.0 Å². The molecule has 1 N–H and O–H groups in total. The number of hydrogen-bond acceptors (Lipinski definition) is 4. The second-order valence-corrected chi connectivity index (χ2v) is 6.98. The molecule has 1 fully saturated rings. The van der Waals surface area contributed by atoms with Gasteiger partial charge in [0.15, 0.2) is 6.29 Å². The third-order valence-electron chi connectivity index (χ3n) is 4.56. The first-order chi connectivity index (χ1) is 12.0. The summed E-state index contributed by atoms with van der Waals surface area (Å²) >= 11 is 6.17. The van der Waals surface area contributed by atoms with E-state index in [1.165, 1.54) is 12.1 Å². The molecule has 132 valence electrons. The molecular weight excluding hydrogens is 360 g/mol. The lowest BCUT2D eigenvalue weighted by atomic mass is 9.98. The normalized spacial score (nSPS) is 15.4. The van der Waals surface area contributed by atoms with Crippen LogP contribution >= 0.6 is 21.0 Å². The van der Waals surface area contributed by atoms with Gasteiger partial charge in [-0.25, -0.2) is 9.37 Å². The highest BCUT2D eigenvalue weighted by Crippen LogP contribution is 2.37. The quantitative estimate of drug-likeness (QED) is 0.495. The zero-order valence-corrected chi connectivity index (χ0v) is 15.8. The van der Waals surface area contributed by atoms with Crippen LogP contribution in [0.25, 0.3) is 11.1 Å². The van der Waals surface area contributed by atoms with Gasteiger partial charge in [-0.3, -0.25) is 9.88 Å². The van der Waals surface area contributed by atoms with Gasteiger partial charge >= 0.3 is 0 Å². The van der Waals surface area contributed by atoms with Crippen LogP contribution in [-0.4, -0.2) is 30.4 Å². The van der Waals surface area contributed by atoms with Gasteiger partial charge in [-0.05, 0) is 43.0 Å². The number of benzene rings is 1. The fraction of sp³-hybridized carbons (Fsp3) is 0.333. The SMILES string of the molecule is Cc1cc(F)cc(-c2cnc(Cl)c(C=O)c2N2CCC(NP)CC2)c1. The molecule has 1 aromatic heterocycles. The maximum atomic E-state index is 13.9.